The maximum atomic E-state index is 9.05. The molecule has 0 fully saturated rings. The summed E-state index contributed by atoms with van der Waals surface area (Å²) in [6.07, 6.45) is 0. The molecule has 5 aromatic rings. The van der Waals surface area contributed by atoms with Crippen molar-refractivity contribution in [2.45, 2.75) is 0 Å². The predicted molar refractivity (Wildman–Crippen MR) is 156 cm³/mol. The topological polar surface area (TPSA) is 28.7 Å². The van der Waals surface area contributed by atoms with Gasteiger partial charge in [-0.1, -0.05) is 67.5 Å². The Kier molecular flexibility index (Phi) is 5.89. The Hall–Kier alpha value is -2.90. The summed E-state index contributed by atoms with van der Waals surface area (Å²) in [6, 6.07) is 17.2. The Morgan fingerprint density at radius 3 is 1.57 bits per heavy atom. The molecule has 0 atom stereocenters. The number of nitriles is 1. The number of hydrogen-bond acceptors (Lipinski definition) is 1. The van der Waals surface area contributed by atoms with Crippen molar-refractivity contribution in [3.63, 3.8) is 0 Å². The van der Waals surface area contributed by atoms with Crippen LogP contribution >= 0.6 is 15.9 Å². The summed E-state index contributed by atoms with van der Waals surface area (Å²) >= 11 is 3.44. The van der Waals surface area contributed by atoms with Crippen LogP contribution in [0.4, 0.5) is 0 Å². The molecule has 4 aromatic carbocycles. The molecule has 0 saturated carbocycles. The molecule has 0 aliphatic rings. The summed E-state index contributed by atoms with van der Waals surface area (Å²) < 4.78 is 2.31. The van der Waals surface area contributed by atoms with Crippen LogP contribution in [0.15, 0.2) is 53.0 Å². The Morgan fingerprint density at radius 2 is 1.03 bits per heavy atom. The van der Waals surface area contributed by atoms with Crippen LogP contribution in [0.25, 0.3) is 38.6 Å². The molecule has 0 saturated heterocycles. The highest BCUT2D eigenvalue weighted by atomic mass is 79.9. The maximum Gasteiger partial charge on any atom is 0.116 e. The minimum Gasteiger partial charge on any atom is -0.311 e. The zero-order valence-electron chi connectivity index (χ0n) is 18.4. The lowest BCUT2D eigenvalue weighted by Gasteiger charge is -2.17. The average Bonchev–Trinajstić information content (AvgIpc) is 3.25. The molecule has 5 rings (SSSR count). The van der Waals surface area contributed by atoms with Gasteiger partial charge in [-0.2, -0.15) is 5.26 Å². The van der Waals surface area contributed by atoms with Crippen molar-refractivity contribution in [2.75, 3.05) is 0 Å². The molecule has 1 heterocycles. The molecule has 1 aromatic heterocycles. The first-order valence-electron chi connectivity index (χ1n) is 10.5. The van der Waals surface area contributed by atoms with Crippen LogP contribution in [0, 0.1) is 11.3 Å². The zero-order valence-corrected chi connectivity index (χ0v) is 20.0. The van der Waals surface area contributed by atoms with Gasteiger partial charge >= 0.3 is 0 Å². The number of hydrogen-bond donors (Lipinski definition) is 0. The van der Waals surface area contributed by atoms with Gasteiger partial charge in [0.1, 0.15) is 54.9 Å². The third-order valence-corrected chi connectivity index (χ3v) is 7.18. The van der Waals surface area contributed by atoms with Gasteiger partial charge in [-0.25, -0.2) is 0 Å². The van der Waals surface area contributed by atoms with E-state index in [2.05, 4.69) is 22.0 Å². The van der Waals surface area contributed by atoms with E-state index in [4.69, 9.17) is 60.2 Å². The fraction of sp³-hybridized carbons (Fsp3) is 0. The molecule has 146 valence electrons. The van der Waals surface area contributed by atoms with Crippen molar-refractivity contribution < 1.29 is 0 Å². The zero-order chi connectivity index (χ0) is 25.2. The second-order valence-electron chi connectivity index (χ2n) is 8.23. The lowest BCUT2D eigenvalue weighted by atomic mass is 9.65. The normalized spacial score (nSPS) is 11.2. The highest BCUT2D eigenvalue weighted by molar-refractivity contribution is 9.10. The fourth-order valence-electron chi connectivity index (χ4n) is 4.46. The molecule has 0 bridgehead atoms. The van der Waals surface area contributed by atoms with Gasteiger partial charge < -0.3 is 4.57 Å². The van der Waals surface area contributed by atoms with Crippen LogP contribution < -0.4 is 38.2 Å². The van der Waals surface area contributed by atoms with Gasteiger partial charge in [-0.15, -0.1) is 10.9 Å². The number of fused-ring (bicyclic) bond motifs is 3. The Morgan fingerprint density at radius 1 is 0.571 bits per heavy atom. The monoisotopic (exact) mass is 492 g/mol. The second-order valence-corrected chi connectivity index (χ2v) is 9.02. The van der Waals surface area contributed by atoms with Crippen LogP contribution in [0.3, 0.4) is 0 Å². The molecule has 0 aliphatic heterocycles. The van der Waals surface area contributed by atoms with E-state index >= 15 is 0 Å². The van der Waals surface area contributed by atoms with Crippen molar-refractivity contribution in [2.24, 2.45) is 0 Å². The van der Waals surface area contributed by atoms with Gasteiger partial charge in [-0.05, 0) is 40.8 Å². The number of halogens is 1. The van der Waals surface area contributed by atoms with Gasteiger partial charge in [0.2, 0.25) is 0 Å². The number of rotatable bonds is 2. The van der Waals surface area contributed by atoms with Crippen molar-refractivity contribution in [1.82, 2.24) is 4.57 Å². The molecule has 0 N–H and O–H groups in total. The molecule has 14 radical (unpaired) electrons. The van der Waals surface area contributed by atoms with Gasteiger partial charge in [0, 0.05) is 26.6 Å². The molecule has 35 heavy (non-hydrogen) atoms. The number of benzene rings is 4. The largest absolute Gasteiger partial charge is 0.311 e. The summed E-state index contributed by atoms with van der Waals surface area (Å²) in [6.45, 7) is 0. The Labute approximate surface area is 221 Å². The summed E-state index contributed by atoms with van der Waals surface area (Å²) in [5, 5.41) is 10.2. The van der Waals surface area contributed by atoms with Crippen LogP contribution in [0.5, 0.6) is 0 Å². The van der Waals surface area contributed by atoms with Crippen molar-refractivity contribution >= 4 is 131 Å². The van der Waals surface area contributed by atoms with E-state index in [1.807, 2.05) is 41.0 Å². The van der Waals surface area contributed by atoms with E-state index in [9.17, 15) is 0 Å². The molecule has 0 spiro atoms. The Balaban J connectivity index is 1.87. The second kappa shape index (κ2) is 8.64. The maximum absolute atomic E-state index is 9.05. The third kappa shape index (κ3) is 3.47. The summed E-state index contributed by atoms with van der Waals surface area (Å²) in [5.41, 5.74) is 6.19. The van der Waals surface area contributed by atoms with Gasteiger partial charge in [-0.3, -0.25) is 0 Å². The van der Waals surface area contributed by atoms with E-state index in [0.29, 0.717) is 48.2 Å². The SMILES string of the molecule is [B]c1c([B])c([B])c2c(c1[B])c1c([B])c(Br)c([B])c([B])c1n2-c1ccc(-c2ccc(C#N)cc2)cc1. The first kappa shape index (κ1) is 23.8. The predicted octanol–water partition coefficient (Wildman–Crippen LogP) is -1.36. The van der Waals surface area contributed by atoms with Crippen molar-refractivity contribution in [3.8, 4) is 22.9 Å². The molecular formula is C25H8B7BrN2. The van der Waals surface area contributed by atoms with Crippen LogP contribution in [-0.2, 0) is 0 Å². The average molecular weight is 492 g/mol. The van der Waals surface area contributed by atoms with Gasteiger partial charge in [0.25, 0.3) is 0 Å². The van der Waals surface area contributed by atoms with Crippen LogP contribution in [0.1, 0.15) is 5.56 Å². The van der Waals surface area contributed by atoms with Crippen molar-refractivity contribution in [1.29, 1.82) is 5.26 Å². The van der Waals surface area contributed by atoms with Crippen LogP contribution in [-0.4, -0.2) is 59.5 Å². The lowest BCUT2D eigenvalue weighted by Crippen LogP contribution is -2.48. The number of nitrogens with zero attached hydrogens (tertiary/aromatic N) is 2. The molecule has 0 aliphatic carbocycles. The third-order valence-electron chi connectivity index (χ3n) is 6.33. The lowest BCUT2D eigenvalue weighted by molar-refractivity contribution is 1.19. The van der Waals surface area contributed by atoms with Gasteiger partial charge in [0.15, 0.2) is 0 Å². The minimum absolute atomic E-state index is 0.177. The van der Waals surface area contributed by atoms with Crippen LogP contribution in [0.2, 0.25) is 0 Å². The molecular weight excluding hydrogens is 484 g/mol. The minimum atomic E-state index is 0.177. The standard InChI is InChI=1S/C25H8B7BrN2/c26-16-14-15-17(27)23(33)20(30)22(32)25(15)35(24(14)21(31)19(29)18(16)28)13-7-5-12(6-8-13)11-3-1-10(9-34)2-4-11/h1-8H. The number of aromatic nitrogens is 1. The molecule has 10 heteroatoms. The van der Waals surface area contributed by atoms with Gasteiger partial charge in [0.05, 0.1) is 11.6 Å². The van der Waals surface area contributed by atoms with E-state index in [0.717, 1.165) is 16.8 Å². The highest BCUT2D eigenvalue weighted by Gasteiger charge is 2.22. The first-order chi connectivity index (χ1) is 16.7. The molecule has 0 amide bonds. The summed E-state index contributed by atoms with van der Waals surface area (Å²) in [7, 11) is 44.6. The Bertz CT molecular complexity index is 1640. The summed E-state index contributed by atoms with van der Waals surface area (Å²) in [4.78, 5) is 0. The molecule has 0 unspecified atom stereocenters. The quantitative estimate of drug-likeness (QED) is 0.281. The summed E-state index contributed by atoms with van der Waals surface area (Å²) in [5.74, 6) is 0. The molecule has 2 nitrogen and oxygen atoms in total. The van der Waals surface area contributed by atoms with E-state index in [1.165, 1.54) is 0 Å². The fourth-order valence-corrected chi connectivity index (χ4v) is 4.87. The van der Waals surface area contributed by atoms with Crippen molar-refractivity contribution in [3.05, 3.63) is 58.6 Å². The van der Waals surface area contributed by atoms with E-state index in [-0.39, 0.29) is 21.9 Å². The van der Waals surface area contributed by atoms with E-state index in [1.54, 1.807) is 12.1 Å². The smallest absolute Gasteiger partial charge is 0.116 e. The first-order valence-corrected chi connectivity index (χ1v) is 11.3. The van der Waals surface area contributed by atoms with E-state index < -0.39 is 0 Å². The highest BCUT2D eigenvalue weighted by Crippen LogP contribution is 2.29.